The number of amides is 1. The fourth-order valence-corrected chi connectivity index (χ4v) is 1.86. The smallest absolute Gasteiger partial charge is 0.236 e. The van der Waals surface area contributed by atoms with Gasteiger partial charge in [-0.3, -0.25) is 4.79 Å². The van der Waals surface area contributed by atoms with E-state index in [-0.39, 0.29) is 10.7 Å². The number of carbonyl (C=O) groups excluding carboxylic acids is 1. The Morgan fingerprint density at radius 3 is 2.23 bits per heavy atom. The molecule has 0 spiro atoms. The van der Waals surface area contributed by atoms with Gasteiger partial charge in [0.1, 0.15) is 0 Å². The molecule has 0 radical (unpaired) electrons. The van der Waals surface area contributed by atoms with Gasteiger partial charge in [-0.05, 0) is 25.2 Å². The van der Waals surface area contributed by atoms with Crippen molar-refractivity contribution in [3.8, 4) is 0 Å². The Morgan fingerprint density at radius 1 is 1.23 bits per heavy atom. The first-order valence-electron chi connectivity index (χ1n) is 5.06. The molecule has 1 saturated heterocycles. The second-order valence-corrected chi connectivity index (χ2v) is 5.02. The number of piperidine rings is 1. The Balaban J connectivity index is 2.45. The van der Waals surface area contributed by atoms with E-state index in [1.165, 1.54) is 19.3 Å². The van der Waals surface area contributed by atoms with Crippen molar-refractivity contribution in [1.29, 1.82) is 0 Å². The molecule has 1 rings (SSSR count). The summed E-state index contributed by atoms with van der Waals surface area (Å²) in [6.45, 7) is 6.05. The van der Waals surface area contributed by atoms with Crippen molar-refractivity contribution in [2.24, 2.45) is 5.92 Å². The molecule has 0 N–H and O–H groups in total. The molecule has 1 fully saturated rings. The fraction of sp³-hybridized carbons (Fsp3) is 0.900. The van der Waals surface area contributed by atoms with Crippen LogP contribution in [0.1, 0.15) is 33.1 Å². The van der Waals surface area contributed by atoms with Crippen LogP contribution in [0.3, 0.4) is 0 Å². The number of likely N-dealkylation sites (tertiary alicyclic amines) is 1. The molecular formula is C10H18BrNO. The quantitative estimate of drug-likeness (QED) is 0.687. The van der Waals surface area contributed by atoms with Gasteiger partial charge in [0.15, 0.2) is 0 Å². The minimum atomic E-state index is 0.00519. The molecule has 2 nitrogen and oxygen atoms in total. The molecule has 0 aromatic carbocycles. The molecule has 76 valence electrons. The van der Waals surface area contributed by atoms with Gasteiger partial charge in [-0.2, -0.15) is 0 Å². The van der Waals surface area contributed by atoms with Gasteiger partial charge in [-0.25, -0.2) is 0 Å². The van der Waals surface area contributed by atoms with Crippen LogP contribution in [0.4, 0.5) is 0 Å². The average Bonchev–Trinajstić information content (AvgIpc) is 2.17. The van der Waals surface area contributed by atoms with Crippen molar-refractivity contribution in [2.45, 2.75) is 37.9 Å². The normalized spacial score (nSPS) is 20.5. The van der Waals surface area contributed by atoms with E-state index >= 15 is 0 Å². The number of nitrogens with zero attached hydrogens (tertiary/aromatic N) is 1. The molecule has 1 heterocycles. The van der Waals surface area contributed by atoms with Crippen LogP contribution in [-0.4, -0.2) is 28.7 Å². The lowest BCUT2D eigenvalue weighted by molar-refractivity contribution is -0.132. The number of hydrogen-bond acceptors (Lipinski definition) is 1. The van der Waals surface area contributed by atoms with E-state index in [1.807, 2.05) is 4.90 Å². The first kappa shape index (κ1) is 11.0. The molecule has 3 heteroatoms. The average molecular weight is 248 g/mol. The highest BCUT2D eigenvalue weighted by molar-refractivity contribution is 9.10. The van der Waals surface area contributed by atoms with Crippen LogP contribution in [0, 0.1) is 5.92 Å². The summed E-state index contributed by atoms with van der Waals surface area (Å²) in [4.78, 5) is 13.8. The van der Waals surface area contributed by atoms with Gasteiger partial charge in [0, 0.05) is 13.1 Å². The van der Waals surface area contributed by atoms with Crippen LogP contribution in [0.25, 0.3) is 0 Å². The van der Waals surface area contributed by atoms with Crippen molar-refractivity contribution in [3.63, 3.8) is 0 Å². The number of carbonyl (C=O) groups is 1. The number of rotatable bonds is 2. The first-order chi connectivity index (χ1) is 6.13. The second kappa shape index (κ2) is 4.99. The van der Waals surface area contributed by atoms with E-state index in [0.717, 1.165) is 13.1 Å². The van der Waals surface area contributed by atoms with Crippen molar-refractivity contribution in [3.05, 3.63) is 0 Å². The van der Waals surface area contributed by atoms with Crippen LogP contribution in [-0.2, 0) is 4.79 Å². The molecule has 1 aliphatic heterocycles. The number of hydrogen-bond donors (Lipinski definition) is 0. The van der Waals surface area contributed by atoms with E-state index in [1.54, 1.807) is 0 Å². The van der Waals surface area contributed by atoms with Crippen LogP contribution in [0.2, 0.25) is 0 Å². The van der Waals surface area contributed by atoms with Crippen molar-refractivity contribution < 1.29 is 4.79 Å². The molecule has 0 bridgehead atoms. The van der Waals surface area contributed by atoms with Crippen LogP contribution in [0.5, 0.6) is 0 Å². The third kappa shape index (κ3) is 2.97. The maximum atomic E-state index is 11.8. The van der Waals surface area contributed by atoms with Crippen LogP contribution in [0.15, 0.2) is 0 Å². The zero-order valence-electron chi connectivity index (χ0n) is 8.42. The zero-order valence-corrected chi connectivity index (χ0v) is 10.0. The lowest BCUT2D eigenvalue weighted by Crippen LogP contribution is -2.41. The Kier molecular flexibility index (Phi) is 4.23. The minimum absolute atomic E-state index is 0.00519. The molecule has 1 amide bonds. The fourth-order valence-electron chi connectivity index (χ4n) is 1.57. The van der Waals surface area contributed by atoms with Crippen molar-refractivity contribution in [1.82, 2.24) is 4.90 Å². The molecular weight excluding hydrogens is 230 g/mol. The third-order valence-electron chi connectivity index (χ3n) is 2.49. The van der Waals surface area contributed by atoms with Gasteiger partial charge in [0.25, 0.3) is 0 Å². The van der Waals surface area contributed by atoms with Gasteiger partial charge >= 0.3 is 0 Å². The summed E-state index contributed by atoms with van der Waals surface area (Å²) in [6, 6.07) is 0. The Morgan fingerprint density at radius 2 is 1.77 bits per heavy atom. The predicted octanol–water partition coefficient (Wildman–Crippen LogP) is 2.42. The van der Waals surface area contributed by atoms with E-state index < -0.39 is 0 Å². The third-order valence-corrected chi connectivity index (χ3v) is 3.94. The summed E-state index contributed by atoms with van der Waals surface area (Å²) in [5.74, 6) is 0.657. The van der Waals surface area contributed by atoms with Gasteiger partial charge in [-0.15, -0.1) is 0 Å². The molecule has 13 heavy (non-hydrogen) atoms. The molecule has 1 atom stereocenters. The maximum absolute atomic E-state index is 11.8. The predicted molar refractivity (Wildman–Crippen MR) is 58.0 cm³/mol. The van der Waals surface area contributed by atoms with Gasteiger partial charge in [0.05, 0.1) is 4.83 Å². The van der Waals surface area contributed by atoms with E-state index in [9.17, 15) is 4.79 Å². The highest BCUT2D eigenvalue weighted by Gasteiger charge is 2.25. The van der Waals surface area contributed by atoms with Gasteiger partial charge < -0.3 is 4.90 Å². The van der Waals surface area contributed by atoms with E-state index in [0.29, 0.717) is 5.92 Å². The largest absolute Gasteiger partial charge is 0.342 e. The monoisotopic (exact) mass is 247 g/mol. The summed E-state index contributed by atoms with van der Waals surface area (Å²) in [5.41, 5.74) is 0. The van der Waals surface area contributed by atoms with Gasteiger partial charge in [0.2, 0.25) is 5.91 Å². The lowest BCUT2D eigenvalue weighted by atomic mass is 10.1. The topological polar surface area (TPSA) is 20.3 Å². The van der Waals surface area contributed by atoms with E-state index in [4.69, 9.17) is 0 Å². The second-order valence-electron chi connectivity index (χ2n) is 4.03. The van der Waals surface area contributed by atoms with Crippen molar-refractivity contribution >= 4 is 21.8 Å². The summed E-state index contributed by atoms with van der Waals surface area (Å²) in [6.07, 6.45) is 3.62. The summed E-state index contributed by atoms with van der Waals surface area (Å²) < 4.78 is 0. The molecule has 0 unspecified atom stereocenters. The van der Waals surface area contributed by atoms with Crippen LogP contribution < -0.4 is 0 Å². The zero-order chi connectivity index (χ0) is 9.84. The molecule has 0 aromatic rings. The summed E-state index contributed by atoms with van der Waals surface area (Å²) in [7, 11) is 0. The molecule has 1 aliphatic rings. The highest BCUT2D eigenvalue weighted by Crippen LogP contribution is 2.18. The molecule has 0 saturated carbocycles. The summed E-state index contributed by atoms with van der Waals surface area (Å²) >= 11 is 3.45. The highest BCUT2D eigenvalue weighted by atomic mass is 79.9. The van der Waals surface area contributed by atoms with Crippen molar-refractivity contribution in [2.75, 3.05) is 13.1 Å². The Hall–Kier alpha value is -0.0500. The minimum Gasteiger partial charge on any atom is -0.342 e. The SMILES string of the molecule is CC(C)[C@H](Br)C(=O)N1CCCCC1. The number of alkyl halides is 1. The number of halogens is 1. The lowest BCUT2D eigenvalue weighted by Gasteiger charge is -2.29. The Bertz CT molecular complexity index is 176. The van der Waals surface area contributed by atoms with Crippen LogP contribution >= 0.6 is 15.9 Å². The van der Waals surface area contributed by atoms with E-state index in [2.05, 4.69) is 29.8 Å². The Labute approximate surface area is 88.8 Å². The van der Waals surface area contributed by atoms with Gasteiger partial charge in [-0.1, -0.05) is 29.8 Å². The molecule has 0 aromatic heterocycles. The molecule has 0 aliphatic carbocycles. The first-order valence-corrected chi connectivity index (χ1v) is 5.97. The summed E-state index contributed by atoms with van der Waals surface area (Å²) in [5, 5.41) is 0. The maximum Gasteiger partial charge on any atom is 0.236 e. The standard InChI is InChI=1S/C10H18BrNO/c1-8(2)9(11)10(13)12-6-4-3-5-7-12/h8-9H,3-7H2,1-2H3/t9-/m0/s1.